The van der Waals surface area contributed by atoms with Crippen LogP contribution in [0.5, 0.6) is 0 Å². The van der Waals surface area contributed by atoms with E-state index >= 15 is 0 Å². The first-order valence-corrected chi connectivity index (χ1v) is 6.51. The molecule has 0 fully saturated rings. The molecule has 2 aromatic carbocycles. The summed E-state index contributed by atoms with van der Waals surface area (Å²) in [4.78, 5) is 2.00. The Balaban J connectivity index is 2.02. The van der Waals surface area contributed by atoms with E-state index in [9.17, 15) is 4.39 Å². The standard InChI is InChI=1S/C14H12BrFN2/c15-11-4-2-5-12(16)14(11)18-7-9-3-1-6-13(17)10(9)8-18/h1-6H,7-8,17H2. The summed E-state index contributed by atoms with van der Waals surface area (Å²) in [6, 6.07) is 10.9. The first-order chi connectivity index (χ1) is 8.66. The molecule has 0 atom stereocenters. The number of hydrogen-bond acceptors (Lipinski definition) is 2. The van der Waals surface area contributed by atoms with Gasteiger partial charge in [0.05, 0.1) is 5.69 Å². The number of para-hydroxylation sites is 1. The Morgan fingerprint density at radius 1 is 1.11 bits per heavy atom. The van der Waals surface area contributed by atoms with Gasteiger partial charge in [-0.1, -0.05) is 18.2 Å². The van der Waals surface area contributed by atoms with E-state index in [2.05, 4.69) is 15.9 Å². The maximum atomic E-state index is 13.9. The van der Waals surface area contributed by atoms with Gasteiger partial charge >= 0.3 is 0 Å². The third-order valence-electron chi connectivity index (χ3n) is 3.27. The highest BCUT2D eigenvalue weighted by atomic mass is 79.9. The molecular formula is C14H12BrFN2. The van der Waals surface area contributed by atoms with Crippen molar-refractivity contribution < 1.29 is 4.39 Å². The van der Waals surface area contributed by atoms with Crippen LogP contribution in [0.2, 0.25) is 0 Å². The molecule has 2 aromatic rings. The molecule has 1 heterocycles. The van der Waals surface area contributed by atoms with E-state index in [1.54, 1.807) is 6.07 Å². The number of rotatable bonds is 1. The molecule has 0 bridgehead atoms. The molecule has 0 aromatic heterocycles. The Kier molecular flexibility index (Phi) is 2.74. The van der Waals surface area contributed by atoms with Crippen molar-refractivity contribution in [2.45, 2.75) is 13.1 Å². The topological polar surface area (TPSA) is 29.3 Å². The van der Waals surface area contributed by atoms with Crippen LogP contribution in [-0.2, 0) is 13.1 Å². The zero-order valence-corrected chi connectivity index (χ0v) is 11.2. The van der Waals surface area contributed by atoms with Crippen molar-refractivity contribution in [3.63, 3.8) is 0 Å². The van der Waals surface area contributed by atoms with E-state index in [0.29, 0.717) is 18.8 Å². The van der Waals surface area contributed by atoms with Gasteiger partial charge in [0.2, 0.25) is 0 Å². The molecule has 1 aliphatic rings. The van der Waals surface area contributed by atoms with Crippen LogP contribution in [0.25, 0.3) is 0 Å². The number of fused-ring (bicyclic) bond motifs is 1. The van der Waals surface area contributed by atoms with E-state index in [0.717, 1.165) is 15.7 Å². The van der Waals surface area contributed by atoms with Crippen molar-refractivity contribution in [1.29, 1.82) is 0 Å². The van der Waals surface area contributed by atoms with Gasteiger partial charge in [-0.25, -0.2) is 4.39 Å². The number of halogens is 2. The number of nitrogens with zero attached hydrogens (tertiary/aromatic N) is 1. The van der Waals surface area contributed by atoms with Gasteiger partial charge in [-0.3, -0.25) is 0 Å². The number of hydrogen-bond donors (Lipinski definition) is 1. The maximum absolute atomic E-state index is 13.9. The zero-order chi connectivity index (χ0) is 12.7. The van der Waals surface area contributed by atoms with Crippen LogP contribution in [0, 0.1) is 5.82 Å². The van der Waals surface area contributed by atoms with Crippen LogP contribution in [-0.4, -0.2) is 0 Å². The fourth-order valence-electron chi connectivity index (χ4n) is 2.40. The molecule has 0 amide bonds. The number of anilines is 2. The van der Waals surface area contributed by atoms with E-state index in [1.807, 2.05) is 29.2 Å². The number of nitrogens with two attached hydrogens (primary N) is 1. The summed E-state index contributed by atoms with van der Waals surface area (Å²) in [5.41, 5.74) is 9.62. The Morgan fingerprint density at radius 2 is 1.89 bits per heavy atom. The Labute approximate surface area is 113 Å². The lowest BCUT2D eigenvalue weighted by Crippen LogP contribution is -2.16. The molecule has 0 aliphatic carbocycles. The van der Waals surface area contributed by atoms with Crippen LogP contribution in [0.15, 0.2) is 40.9 Å². The minimum atomic E-state index is -0.212. The predicted octanol–water partition coefficient (Wildman–Crippen LogP) is 3.69. The Bertz CT molecular complexity index is 592. The average Bonchev–Trinajstić information content (AvgIpc) is 2.74. The smallest absolute Gasteiger partial charge is 0.147 e. The van der Waals surface area contributed by atoms with Gasteiger partial charge in [-0.15, -0.1) is 0 Å². The van der Waals surface area contributed by atoms with Crippen molar-refractivity contribution in [3.05, 3.63) is 57.8 Å². The van der Waals surface area contributed by atoms with Gasteiger partial charge < -0.3 is 10.6 Å². The molecule has 0 unspecified atom stereocenters. The molecule has 92 valence electrons. The molecule has 0 spiro atoms. The van der Waals surface area contributed by atoms with Gasteiger partial charge in [-0.2, -0.15) is 0 Å². The second kappa shape index (κ2) is 4.28. The van der Waals surface area contributed by atoms with Crippen molar-refractivity contribution in [2.75, 3.05) is 10.6 Å². The first kappa shape index (κ1) is 11.5. The van der Waals surface area contributed by atoms with Crippen LogP contribution in [0.3, 0.4) is 0 Å². The summed E-state index contributed by atoms with van der Waals surface area (Å²) in [5.74, 6) is -0.212. The summed E-state index contributed by atoms with van der Waals surface area (Å²) in [6.07, 6.45) is 0. The van der Waals surface area contributed by atoms with Gasteiger partial charge in [0, 0.05) is 23.2 Å². The summed E-state index contributed by atoms with van der Waals surface area (Å²) in [7, 11) is 0. The second-order valence-electron chi connectivity index (χ2n) is 4.41. The van der Waals surface area contributed by atoms with E-state index < -0.39 is 0 Å². The van der Waals surface area contributed by atoms with Crippen LogP contribution < -0.4 is 10.6 Å². The summed E-state index contributed by atoms with van der Waals surface area (Å²) >= 11 is 3.41. The van der Waals surface area contributed by atoms with Gasteiger partial charge in [0.25, 0.3) is 0 Å². The Hall–Kier alpha value is -1.55. The molecule has 0 radical (unpaired) electrons. The van der Waals surface area contributed by atoms with E-state index in [-0.39, 0.29) is 5.82 Å². The molecule has 0 saturated carbocycles. The molecule has 2 nitrogen and oxygen atoms in total. The average molecular weight is 307 g/mol. The number of benzene rings is 2. The van der Waals surface area contributed by atoms with Gasteiger partial charge in [0.1, 0.15) is 5.82 Å². The van der Waals surface area contributed by atoms with Crippen LogP contribution in [0.4, 0.5) is 15.8 Å². The van der Waals surface area contributed by atoms with Gasteiger partial charge in [-0.05, 0) is 45.3 Å². The number of nitrogen functional groups attached to an aromatic ring is 1. The van der Waals surface area contributed by atoms with Crippen LogP contribution in [0.1, 0.15) is 11.1 Å². The largest absolute Gasteiger partial charge is 0.398 e. The van der Waals surface area contributed by atoms with E-state index in [4.69, 9.17) is 5.73 Å². The maximum Gasteiger partial charge on any atom is 0.147 e. The van der Waals surface area contributed by atoms with E-state index in [1.165, 1.54) is 11.6 Å². The van der Waals surface area contributed by atoms with Crippen molar-refractivity contribution in [2.24, 2.45) is 0 Å². The minimum Gasteiger partial charge on any atom is -0.398 e. The Morgan fingerprint density at radius 3 is 2.61 bits per heavy atom. The predicted molar refractivity (Wildman–Crippen MR) is 74.8 cm³/mol. The minimum absolute atomic E-state index is 0.212. The lowest BCUT2D eigenvalue weighted by Gasteiger charge is -2.20. The molecule has 3 rings (SSSR count). The molecule has 18 heavy (non-hydrogen) atoms. The summed E-state index contributed by atoms with van der Waals surface area (Å²) in [5, 5.41) is 0. The lowest BCUT2D eigenvalue weighted by molar-refractivity contribution is 0.618. The van der Waals surface area contributed by atoms with Crippen molar-refractivity contribution >= 4 is 27.3 Å². The normalized spacial score (nSPS) is 13.8. The molecule has 2 N–H and O–H groups in total. The van der Waals surface area contributed by atoms with Crippen LogP contribution >= 0.6 is 15.9 Å². The third-order valence-corrected chi connectivity index (χ3v) is 3.91. The highest BCUT2D eigenvalue weighted by Gasteiger charge is 2.24. The molecular weight excluding hydrogens is 295 g/mol. The SMILES string of the molecule is Nc1cccc2c1CN(c1c(F)cccc1Br)C2. The van der Waals surface area contributed by atoms with Crippen molar-refractivity contribution in [3.8, 4) is 0 Å². The van der Waals surface area contributed by atoms with Crippen molar-refractivity contribution in [1.82, 2.24) is 0 Å². The first-order valence-electron chi connectivity index (χ1n) is 5.72. The summed E-state index contributed by atoms with van der Waals surface area (Å²) in [6.45, 7) is 1.35. The lowest BCUT2D eigenvalue weighted by atomic mass is 10.1. The highest BCUT2D eigenvalue weighted by molar-refractivity contribution is 9.10. The fourth-order valence-corrected chi connectivity index (χ4v) is 2.99. The highest BCUT2D eigenvalue weighted by Crippen LogP contribution is 2.36. The monoisotopic (exact) mass is 306 g/mol. The second-order valence-corrected chi connectivity index (χ2v) is 5.27. The molecule has 0 saturated heterocycles. The quantitative estimate of drug-likeness (QED) is 0.814. The molecule has 4 heteroatoms. The zero-order valence-electron chi connectivity index (χ0n) is 9.66. The third kappa shape index (κ3) is 1.77. The molecule has 1 aliphatic heterocycles. The fraction of sp³-hybridized carbons (Fsp3) is 0.143. The van der Waals surface area contributed by atoms with Gasteiger partial charge in [0.15, 0.2) is 0 Å². The summed E-state index contributed by atoms with van der Waals surface area (Å²) < 4.78 is 14.7.